The van der Waals surface area contributed by atoms with Crippen molar-refractivity contribution >= 4 is 31.9 Å². The molecule has 0 unspecified atom stereocenters. The van der Waals surface area contributed by atoms with Gasteiger partial charge in [-0.15, -0.1) is 0 Å². The second kappa shape index (κ2) is 9.24. The van der Waals surface area contributed by atoms with Crippen molar-refractivity contribution in [3.05, 3.63) is 22.2 Å². The molecule has 0 aliphatic heterocycles. The van der Waals surface area contributed by atoms with E-state index in [9.17, 15) is 13.2 Å². The third-order valence-electron chi connectivity index (χ3n) is 3.48. The summed E-state index contributed by atoms with van der Waals surface area (Å²) < 4.78 is 35.6. The number of carbonyl (C=O) groups is 1. The highest BCUT2D eigenvalue weighted by Gasteiger charge is 2.16. The first-order valence-corrected chi connectivity index (χ1v) is 9.80. The summed E-state index contributed by atoms with van der Waals surface area (Å²) in [5, 5.41) is 2.76. The van der Waals surface area contributed by atoms with Crippen molar-refractivity contribution in [3.63, 3.8) is 0 Å². The lowest BCUT2D eigenvalue weighted by Gasteiger charge is -2.16. The van der Waals surface area contributed by atoms with E-state index in [2.05, 4.69) is 21.2 Å². The highest BCUT2D eigenvalue weighted by atomic mass is 79.9. The van der Waals surface area contributed by atoms with Crippen LogP contribution in [0.25, 0.3) is 0 Å². The Morgan fingerprint density at radius 2 is 1.79 bits per heavy atom. The molecule has 1 aromatic rings. The van der Waals surface area contributed by atoms with E-state index in [0.29, 0.717) is 41.0 Å². The van der Waals surface area contributed by atoms with Crippen LogP contribution in [0.15, 0.2) is 16.6 Å². The summed E-state index contributed by atoms with van der Waals surface area (Å²) in [7, 11) is 1.35. The third kappa shape index (κ3) is 5.35. The van der Waals surface area contributed by atoms with Crippen molar-refractivity contribution in [2.75, 3.05) is 40.1 Å². The van der Waals surface area contributed by atoms with Crippen LogP contribution in [0.1, 0.15) is 23.7 Å². The molecule has 1 rings (SSSR count). The van der Waals surface area contributed by atoms with Crippen molar-refractivity contribution in [2.45, 2.75) is 13.3 Å². The number of amides is 1. The zero-order chi connectivity index (χ0) is 18.3. The average Bonchev–Trinajstić information content (AvgIpc) is 2.58. The number of nitrogens with one attached hydrogen (secondary N) is 1. The van der Waals surface area contributed by atoms with Crippen LogP contribution in [0.2, 0.25) is 0 Å². The van der Waals surface area contributed by atoms with Crippen molar-refractivity contribution < 1.29 is 22.7 Å². The van der Waals surface area contributed by atoms with E-state index in [1.807, 2.05) is 0 Å². The van der Waals surface area contributed by atoms with Gasteiger partial charge in [-0.3, -0.25) is 4.79 Å². The fourth-order valence-corrected chi connectivity index (χ4v) is 3.37. The Morgan fingerprint density at radius 1 is 1.25 bits per heavy atom. The molecule has 1 aromatic carbocycles. The molecule has 1 N–H and O–H groups in total. The summed E-state index contributed by atoms with van der Waals surface area (Å²) in [6.07, 6.45) is 0.520. The van der Waals surface area contributed by atoms with Crippen LogP contribution in [0.3, 0.4) is 0 Å². The Kier molecular flexibility index (Phi) is 7.98. The van der Waals surface area contributed by atoms with E-state index >= 15 is 0 Å². The second-order valence-electron chi connectivity index (χ2n) is 5.03. The Bertz CT molecular complexity index is 653. The molecule has 7 nitrogen and oxygen atoms in total. The van der Waals surface area contributed by atoms with Crippen LogP contribution in [-0.2, 0) is 10.0 Å². The molecule has 0 atom stereocenters. The lowest BCUT2D eigenvalue weighted by Crippen LogP contribution is -2.32. The van der Waals surface area contributed by atoms with Gasteiger partial charge in [-0.05, 0) is 41.4 Å². The molecule has 24 heavy (non-hydrogen) atoms. The molecule has 0 saturated carbocycles. The Balaban J connectivity index is 2.63. The summed E-state index contributed by atoms with van der Waals surface area (Å²) in [6, 6.07) is 3.21. The Morgan fingerprint density at radius 3 is 2.25 bits per heavy atom. The van der Waals surface area contributed by atoms with Gasteiger partial charge in [-0.25, -0.2) is 12.7 Å². The van der Waals surface area contributed by atoms with E-state index in [1.165, 1.54) is 25.6 Å². The summed E-state index contributed by atoms with van der Waals surface area (Å²) >= 11 is 3.35. The number of sulfonamides is 1. The quantitative estimate of drug-likeness (QED) is 0.613. The molecule has 0 aliphatic rings. The molecule has 0 aliphatic carbocycles. The first kappa shape index (κ1) is 20.7. The van der Waals surface area contributed by atoms with Crippen molar-refractivity contribution in [1.29, 1.82) is 0 Å². The Hall–Kier alpha value is -1.32. The molecule has 1 amide bonds. The van der Waals surface area contributed by atoms with Crippen LogP contribution < -0.4 is 14.8 Å². The minimum atomic E-state index is -3.19. The number of carbonyl (C=O) groups excluding carboxylic acids is 1. The van der Waals surface area contributed by atoms with Gasteiger partial charge in [0.25, 0.3) is 5.91 Å². The lowest BCUT2D eigenvalue weighted by molar-refractivity contribution is 0.0952. The van der Waals surface area contributed by atoms with E-state index < -0.39 is 10.0 Å². The summed E-state index contributed by atoms with van der Waals surface area (Å²) in [5.41, 5.74) is 0.404. The highest BCUT2D eigenvalue weighted by molar-refractivity contribution is 9.10. The molecular weight excluding hydrogens is 400 g/mol. The summed E-state index contributed by atoms with van der Waals surface area (Å²) in [4.78, 5) is 12.2. The van der Waals surface area contributed by atoms with Crippen molar-refractivity contribution in [2.24, 2.45) is 0 Å². The molecule has 0 radical (unpaired) electrons. The van der Waals surface area contributed by atoms with Gasteiger partial charge in [0.15, 0.2) is 0 Å². The minimum absolute atomic E-state index is 0.0638. The molecule has 0 aromatic heterocycles. The molecule has 0 heterocycles. The van der Waals surface area contributed by atoms with Crippen molar-refractivity contribution in [3.8, 4) is 11.5 Å². The van der Waals surface area contributed by atoms with Crippen LogP contribution in [0.5, 0.6) is 11.5 Å². The van der Waals surface area contributed by atoms with E-state index in [-0.39, 0.29) is 11.7 Å². The van der Waals surface area contributed by atoms with Gasteiger partial charge in [-0.2, -0.15) is 0 Å². The first-order valence-electron chi connectivity index (χ1n) is 7.40. The van der Waals surface area contributed by atoms with Crippen LogP contribution >= 0.6 is 15.9 Å². The first-order chi connectivity index (χ1) is 11.3. The predicted molar refractivity (Wildman–Crippen MR) is 96.3 cm³/mol. The smallest absolute Gasteiger partial charge is 0.251 e. The molecule has 136 valence electrons. The average molecular weight is 423 g/mol. The molecule has 0 spiro atoms. The number of ether oxygens (including phenoxy) is 2. The van der Waals surface area contributed by atoms with Crippen LogP contribution in [0, 0.1) is 0 Å². The molecule has 0 saturated heterocycles. The topological polar surface area (TPSA) is 84.9 Å². The maximum Gasteiger partial charge on any atom is 0.251 e. The number of halogens is 1. The van der Waals surface area contributed by atoms with Gasteiger partial charge < -0.3 is 14.8 Å². The van der Waals surface area contributed by atoms with Gasteiger partial charge in [0.1, 0.15) is 16.0 Å². The number of benzene rings is 1. The standard InChI is InChI=1S/C15H23BrN2O5S/c1-5-24(20,21)18(2)8-6-7-17-15(19)11-9-12(22-3)14(16)13(10-11)23-4/h9-10H,5-8H2,1-4H3,(H,17,19). The number of hydrogen-bond acceptors (Lipinski definition) is 5. The maximum atomic E-state index is 12.2. The number of hydrogen-bond donors (Lipinski definition) is 1. The predicted octanol–water partition coefficient (Wildman–Crippen LogP) is 1.87. The van der Waals surface area contributed by atoms with Gasteiger partial charge in [-0.1, -0.05) is 0 Å². The molecule has 9 heteroatoms. The second-order valence-corrected chi connectivity index (χ2v) is 8.18. The molecule has 0 fully saturated rings. The van der Waals surface area contributed by atoms with Gasteiger partial charge in [0.05, 0.1) is 20.0 Å². The minimum Gasteiger partial charge on any atom is -0.495 e. The largest absolute Gasteiger partial charge is 0.495 e. The number of nitrogens with zero attached hydrogens (tertiary/aromatic N) is 1. The number of rotatable bonds is 9. The summed E-state index contributed by atoms with van der Waals surface area (Å²) in [6.45, 7) is 2.31. The van der Waals surface area contributed by atoms with Gasteiger partial charge in [0, 0.05) is 25.7 Å². The van der Waals surface area contributed by atoms with Gasteiger partial charge >= 0.3 is 0 Å². The lowest BCUT2D eigenvalue weighted by atomic mass is 10.2. The van der Waals surface area contributed by atoms with Crippen LogP contribution in [0.4, 0.5) is 0 Å². The van der Waals surface area contributed by atoms with E-state index in [4.69, 9.17) is 9.47 Å². The van der Waals surface area contributed by atoms with E-state index in [1.54, 1.807) is 19.1 Å². The normalized spacial score (nSPS) is 11.4. The maximum absolute atomic E-state index is 12.2. The van der Waals surface area contributed by atoms with Gasteiger partial charge in [0.2, 0.25) is 10.0 Å². The SMILES string of the molecule is CCS(=O)(=O)N(C)CCCNC(=O)c1cc(OC)c(Br)c(OC)c1. The summed E-state index contributed by atoms with van der Waals surface area (Å²) in [5.74, 6) is 0.774. The number of methoxy groups -OCH3 is 2. The molecule has 0 bridgehead atoms. The fourth-order valence-electron chi connectivity index (χ4n) is 1.97. The zero-order valence-corrected chi connectivity index (χ0v) is 16.7. The fraction of sp³-hybridized carbons (Fsp3) is 0.533. The highest BCUT2D eigenvalue weighted by Crippen LogP contribution is 2.35. The van der Waals surface area contributed by atoms with Crippen molar-refractivity contribution in [1.82, 2.24) is 9.62 Å². The van der Waals surface area contributed by atoms with E-state index in [0.717, 1.165) is 0 Å². The third-order valence-corrected chi connectivity index (χ3v) is 6.13. The monoisotopic (exact) mass is 422 g/mol. The zero-order valence-electron chi connectivity index (χ0n) is 14.3. The Labute approximate surface area is 151 Å². The van der Waals surface area contributed by atoms with Crippen LogP contribution in [-0.4, -0.2) is 58.7 Å². The molecular formula is C15H23BrN2O5S.